The number of aliphatic hydroxyl groups is 1. The average molecular weight is 268 g/mol. The number of hydrogen-bond acceptors (Lipinski definition) is 3. The summed E-state index contributed by atoms with van der Waals surface area (Å²) in [4.78, 5) is 14.8. The first-order valence-corrected chi connectivity index (χ1v) is 7.76. The van der Waals surface area contributed by atoms with Gasteiger partial charge in [0.1, 0.15) is 0 Å². The van der Waals surface area contributed by atoms with Gasteiger partial charge in [0.05, 0.1) is 11.5 Å². The summed E-state index contributed by atoms with van der Waals surface area (Å²) in [5.41, 5.74) is 5.65. The van der Waals surface area contributed by atoms with Gasteiger partial charge in [-0.2, -0.15) is 0 Å². The molecule has 0 spiro atoms. The van der Waals surface area contributed by atoms with Gasteiger partial charge in [-0.3, -0.25) is 4.79 Å². The molecule has 1 aliphatic carbocycles. The minimum absolute atomic E-state index is 0.254. The number of piperidine rings is 1. The molecule has 1 atom stereocenters. The zero-order valence-electron chi connectivity index (χ0n) is 12.1. The maximum absolute atomic E-state index is 12.8. The second-order valence-electron chi connectivity index (χ2n) is 6.42. The lowest BCUT2D eigenvalue weighted by atomic mass is 9.72. The molecule has 1 unspecified atom stereocenters. The lowest BCUT2D eigenvalue weighted by molar-refractivity contribution is -0.145. The first kappa shape index (κ1) is 14.8. The van der Waals surface area contributed by atoms with Gasteiger partial charge in [0.15, 0.2) is 0 Å². The van der Waals surface area contributed by atoms with Gasteiger partial charge in [-0.15, -0.1) is 0 Å². The number of nitrogens with two attached hydrogens (primary N) is 1. The summed E-state index contributed by atoms with van der Waals surface area (Å²) in [7, 11) is 0. The van der Waals surface area contributed by atoms with Gasteiger partial charge in [-0.25, -0.2) is 0 Å². The second kappa shape index (κ2) is 6.23. The molecular weight excluding hydrogens is 240 g/mol. The van der Waals surface area contributed by atoms with Crippen LogP contribution in [0.4, 0.5) is 0 Å². The van der Waals surface area contributed by atoms with Crippen LogP contribution in [-0.4, -0.2) is 41.7 Å². The molecule has 1 amide bonds. The SMILES string of the molecule is CC(O)C1CCN(C(=O)C2(CN)CCCCC2)CC1. The van der Waals surface area contributed by atoms with E-state index in [2.05, 4.69) is 0 Å². The lowest BCUT2D eigenvalue weighted by Crippen LogP contribution is -2.51. The summed E-state index contributed by atoms with van der Waals surface area (Å²) >= 11 is 0. The zero-order chi connectivity index (χ0) is 13.9. The normalized spacial score (nSPS) is 26.2. The number of carbonyl (C=O) groups is 1. The predicted octanol–water partition coefficient (Wildman–Crippen LogP) is 1.51. The molecule has 0 aromatic heterocycles. The van der Waals surface area contributed by atoms with Crippen molar-refractivity contribution in [3.05, 3.63) is 0 Å². The van der Waals surface area contributed by atoms with E-state index in [1.54, 1.807) is 0 Å². The Morgan fingerprint density at radius 1 is 1.32 bits per heavy atom. The number of aliphatic hydroxyl groups excluding tert-OH is 1. The van der Waals surface area contributed by atoms with Gasteiger partial charge in [-0.05, 0) is 38.5 Å². The molecule has 0 aromatic carbocycles. The molecule has 0 bridgehead atoms. The van der Waals surface area contributed by atoms with E-state index in [4.69, 9.17) is 5.73 Å². The van der Waals surface area contributed by atoms with Crippen LogP contribution in [0.2, 0.25) is 0 Å². The van der Waals surface area contributed by atoms with E-state index in [0.717, 1.165) is 51.6 Å². The lowest BCUT2D eigenvalue weighted by Gasteiger charge is -2.42. The van der Waals surface area contributed by atoms with Gasteiger partial charge in [-0.1, -0.05) is 19.3 Å². The third-order valence-corrected chi connectivity index (χ3v) is 5.16. The van der Waals surface area contributed by atoms with E-state index in [-0.39, 0.29) is 17.4 Å². The van der Waals surface area contributed by atoms with E-state index >= 15 is 0 Å². The van der Waals surface area contributed by atoms with Gasteiger partial charge in [0, 0.05) is 19.6 Å². The molecular formula is C15H28N2O2. The van der Waals surface area contributed by atoms with Crippen LogP contribution in [0.15, 0.2) is 0 Å². The van der Waals surface area contributed by atoms with Crippen LogP contribution in [0.25, 0.3) is 0 Å². The molecule has 3 N–H and O–H groups in total. The number of amides is 1. The van der Waals surface area contributed by atoms with E-state index < -0.39 is 0 Å². The maximum atomic E-state index is 12.8. The van der Waals surface area contributed by atoms with Crippen LogP contribution < -0.4 is 5.73 Å². The molecule has 1 saturated heterocycles. The summed E-state index contributed by atoms with van der Waals surface area (Å²) in [5, 5.41) is 9.62. The third kappa shape index (κ3) is 3.11. The predicted molar refractivity (Wildman–Crippen MR) is 75.6 cm³/mol. The van der Waals surface area contributed by atoms with Gasteiger partial charge in [0.2, 0.25) is 5.91 Å². The Labute approximate surface area is 116 Å². The molecule has 1 aliphatic heterocycles. The molecule has 2 fully saturated rings. The number of nitrogens with zero attached hydrogens (tertiary/aromatic N) is 1. The Morgan fingerprint density at radius 2 is 1.89 bits per heavy atom. The second-order valence-corrected chi connectivity index (χ2v) is 6.42. The standard InChI is InChI=1S/C15H28N2O2/c1-12(18)13-5-9-17(10-6-13)14(19)15(11-16)7-3-2-4-8-15/h12-13,18H,2-11,16H2,1H3. The highest BCUT2D eigenvalue weighted by Crippen LogP contribution is 2.38. The zero-order valence-corrected chi connectivity index (χ0v) is 12.1. The van der Waals surface area contributed by atoms with Crippen molar-refractivity contribution in [3.8, 4) is 0 Å². The quantitative estimate of drug-likeness (QED) is 0.815. The van der Waals surface area contributed by atoms with E-state index in [1.807, 2.05) is 11.8 Å². The largest absolute Gasteiger partial charge is 0.393 e. The summed E-state index contributed by atoms with van der Waals surface area (Å²) < 4.78 is 0. The Kier molecular flexibility index (Phi) is 4.85. The molecule has 4 heteroatoms. The summed E-state index contributed by atoms with van der Waals surface area (Å²) in [6.07, 6.45) is 7.00. The fraction of sp³-hybridized carbons (Fsp3) is 0.933. The van der Waals surface area contributed by atoms with Crippen LogP contribution in [0.3, 0.4) is 0 Å². The minimum Gasteiger partial charge on any atom is -0.393 e. The fourth-order valence-electron chi connectivity index (χ4n) is 3.65. The molecule has 0 radical (unpaired) electrons. The van der Waals surface area contributed by atoms with Crippen molar-refractivity contribution >= 4 is 5.91 Å². The Hall–Kier alpha value is -0.610. The Morgan fingerprint density at radius 3 is 2.37 bits per heavy atom. The van der Waals surface area contributed by atoms with Gasteiger partial charge in [0.25, 0.3) is 0 Å². The fourth-order valence-corrected chi connectivity index (χ4v) is 3.65. The van der Waals surface area contributed by atoms with Crippen LogP contribution in [0.5, 0.6) is 0 Å². The third-order valence-electron chi connectivity index (χ3n) is 5.16. The van der Waals surface area contributed by atoms with Crippen molar-refractivity contribution in [2.75, 3.05) is 19.6 Å². The molecule has 2 rings (SSSR count). The molecule has 1 heterocycles. The highest BCUT2D eigenvalue weighted by Gasteiger charge is 2.41. The van der Waals surface area contributed by atoms with Crippen LogP contribution >= 0.6 is 0 Å². The van der Waals surface area contributed by atoms with Crippen molar-refractivity contribution in [1.82, 2.24) is 4.90 Å². The van der Waals surface area contributed by atoms with Crippen molar-refractivity contribution < 1.29 is 9.90 Å². The summed E-state index contributed by atoms with van der Waals surface area (Å²) in [6, 6.07) is 0. The van der Waals surface area contributed by atoms with E-state index in [0.29, 0.717) is 12.5 Å². The van der Waals surface area contributed by atoms with Crippen molar-refractivity contribution in [3.63, 3.8) is 0 Å². The van der Waals surface area contributed by atoms with Crippen LogP contribution in [-0.2, 0) is 4.79 Å². The number of carbonyl (C=O) groups excluding carboxylic acids is 1. The molecule has 4 nitrogen and oxygen atoms in total. The number of hydrogen-bond donors (Lipinski definition) is 2. The molecule has 1 saturated carbocycles. The van der Waals surface area contributed by atoms with Crippen molar-refractivity contribution in [2.45, 2.75) is 58.0 Å². The topological polar surface area (TPSA) is 66.6 Å². The van der Waals surface area contributed by atoms with Crippen LogP contribution in [0.1, 0.15) is 51.9 Å². The maximum Gasteiger partial charge on any atom is 0.230 e. The molecule has 0 aromatic rings. The van der Waals surface area contributed by atoms with Gasteiger partial charge >= 0.3 is 0 Å². The average Bonchev–Trinajstić information content (AvgIpc) is 2.47. The van der Waals surface area contributed by atoms with Gasteiger partial charge < -0.3 is 15.7 Å². The van der Waals surface area contributed by atoms with Crippen molar-refractivity contribution in [2.24, 2.45) is 17.1 Å². The molecule has 110 valence electrons. The highest BCUT2D eigenvalue weighted by atomic mass is 16.3. The van der Waals surface area contributed by atoms with E-state index in [9.17, 15) is 9.90 Å². The summed E-state index contributed by atoms with van der Waals surface area (Å²) in [6.45, 7) is 3.92. The highest BCUT2D eigenvalue weighted by molar-refractivity contribution is 5.83. The molecule has 2 aliphatic rings. The monoisotopic (exact) mass is 268 g/mol. The first-order chi connectivity index (χ1) is 9.09. The summed E-state index contributed by atoms with van der Waals surface area (Å²) in [5.74, 6) is 0.628. The molecule has 19 heavy (non-hydrogen) atoms. The Bertz CT molecular complexity index is 303. The Balaban J connectivity index is 1.96. The van der Waals surface area contributed by atoms with Crippen LogP contribution in [0, 0.1) is 11.3 Å². The first-order valence-electron chi connectivity index (χ1n) is 7.76. The minimum atomic E-state index is -0.282. The smallest absolute Gasteiger partial charge is 0.230 e. The number of likely N-dealkylation sites (tertiary alicyclic amines) is 1. The number of rotatable bonds is 3. The van der Waals surface area contributed by atoms with Crippen molar-refractivity contribution in [1.29, 1.82) is 0 Å². The van der Waals surface area contributed by atoms with E-state index in [1.165, 1.54) is 6.42 Å².